The normalized spacial score (nSPS) is 15.9. The number of halogens is 1. The molecule has 0 aromatic carbocycles. The van der Waals surface area contributed by atoms with Crippen LogP contribution in [-0.2, 0) is 4.79 Å². The van der Waals surface area contributed by atoms with E-state index in [2.05, 4.69) is 17.1 Å². The van der Waals surface area contributed by atoms with Gasteiger partial charge in [-0.15, -0.1) is 11.6 Å². The van der Waals surface area contributed by atoms with Crippen LogP contribution in [0.5, 0.6) is 0 Å². The van der Waals surface area contributed by atoms with Crippen LogP contribution >= 0.6 is 11.6 Å². The Bertz CT molecular complexity index is 183. The molecule has 1 saturated carbocycles. The van der Waals surface area contributed by atoms with Crippen molar-refractivity contribution < 1.29 is 4.79 Å². The van der Waals surface area contributed by atoms with Gasteiger partial charge in [0.05, 0.1) is 0 Å². The highest BCUT2D eigenvalue weighted by molar-refractivity contribution is 6.18. The third kappa shape index (κ3) is 4.29. The highest BCUT2D eigenvalue weighted by Gasteiger charge is 2.27. The smallest absolute Gasteiger partial charge is 0.221 e. The summed E-state index contributed by atoms with van der Waals surface area (Å²) in [4.78, 5) is 13.5. The third-order valence-electron chi connectivity index (χ3n) is 2.51. The predicted octanol–water partition coefficient (Wildman–Crippen LogP) is 1.22. The zero-order valence-electron chi connectivity index (χ0n) is 8.76. The van der Waals surface area contributed by atoms with Crippen LogP contribution in [0.15, 0.2) is 0 Å². The first-order valence-corrected chi connectivity index (χ1v) is 5.88. The molecule has 0 aromatic heterocycles. The molecule has 3 nitrogen and oxygen atoms in total. The second-order valence-electron chi connectivity index (χ2n) is 3.65. The van der Waals surface area contributed by atoms with Gasteiger partial charge in [-0.25, -0.2) is 0 Å². The van der Waals surface area contributed by atoms with Gasteiger partial charge in [0.2, 0.25) is 5.91 Å². The number of carbonyl (C=O) groups excluding carboxylic acids is 1. The molecule has 0 saturated heterocycles. The Morgan fingerprint density at radius 2 is 2.29 bits per heavy atom. The number of likely N-dealkylation sites (N-methyl/N-ethyl adjacent to an activating group) is 1. The summed E-state index contributed by atoms with van der Waals surface area (Å²) in [5.41, 5.74) is 0. The van der Waals surface area contributed by atoms with Gasteiger partial charge in [0.25, 0.3) is 0 Å². The van der Waals surface area contributed by atoms with E-state index in [1.807, 2.05) is 0 Å². The van der Waals surface area contributed by atoms with Gasteiger partial charge in [0.1, 0.15) is 0 Å². The lowest BCUT2D eigenvalue weighted by Crippen LogP contribution is -2.36. The average Bonchev–Trinajstić information content (AvgIpc) is 2.96. The Hall–Kier alpha value is -0.280. The number of amides is 1. The largest absolute Gasteiger partial charge is 0.355 e. The van der Waals surface area contributed by atoms with Crippen molar-refractivity contribution in [3.63, 3.8) is 0 Å². The van der Waals surface area contributed by atoms with Crippen LogP contribution in [0.4, 0.5) is 0 Å². The summed E-state index contributed by atoms with van der Waals surface area (Å²) in [6.45, 7) is 4.96. The van der Waals surface area contributed by atoms with E-state index in [0.717, 1.165) is 25.7 Å². The number of carbonyl (C=O) groups is 1. The number of nitrogens with zero attached hydrogens (tertiary/aromatic N) is 1. The summed E-state index contributed by atoms with van der Waals surface area (Å²) in [7, 11) is 0. The number of nitrogens with one attached hydrogen (secondary N) is 1. The van der Waals surface area contributed by atoms with E-state index in [-0.39, 0.29) is 5.91 Å². The lowest BCUT2D eigenvalue weighted by atomic mass is 10.4. The maximum absolute atomic E-state index is 11.1. The number of hydrogen-bond donors (Lipinski definition) is 1. The Balaban J connectivity index is 2.03. The standard InChI is InChI=1S/C10H19ClN2O/c1-2-13(9-3-4-9)8-7-12-10(14)5-6-11/h9H,2-8H2,1H3,(H,12,14). The van der Waals surface area contributed by atoms with E-state index in [9.17, 15) is 4.79 Å². The van der Waals surface area contributed by atoms with Gasteiger partial charge in [-0.1, -0.05) is 6.92 Å². The van der Waals surface area contributed by atoms with Crippen molar-refractivity contribution >= 4 is 17.5 Å². The molecule has 1 N–H and O–H groups in total. The Labute approximate surface area is 90.8 Å². The van der Waals surface area contributed by atoms with E-state index in [0.29, 0.717) is 12.3 Å². The molecular formula is C10H19ClN2O. The number of alkyl halides is 1. The molecule has 0 bridgehead atoms. The van der Waals surface area contributed by atoms with Gasteiger partial charge in [-0.3, -0.25) is 9.69 Å². The van der Waals surface area contributed by atoms with Crippen LogP contribution in [0.2, 0.25) is 0 Å². The molecule has 82 valence electrons. The van der Waals surface area contributed by atoms with Crippen molar-refractivity contribution in [1.29, 1.82) is 0 Å². The summed E-state index contributed by atoms with van der Waals surface area (Å²) in [5, 5.41) is 2.87. The minimum atomic E-state index is 0.0619. The van der Waals surface area contributed by atoms with Crippen molar-refractivity contribution in [2.24, 2.45) is 0 Å². The van der Waals surface area contributed by atoms with E-state index in [1.54, 1.807) is 0 Å². The van der Waals surface area contributed by atoms with Crippen molar-refractivity contribution in [2.45, 2.75) is 32.2 Å². The lowest BCUT2D eigenvalue weighted by molar-refractivity contribution is -0.120. The van der Waals surface area contributed by atoms with Gasteiger partial charge in [0.15, 0.2) is 0 Å². The molecule has 1 aliphatic carbocycles. The first kappa shape index (κ1) is 11.8. The molecule has 14 heavy (non-hydrogen) atoms. The molecular weight excluding hydrogens is 200 g/mol. The fraction of sp³-hybridized carbons (Fsp3) is 0.900. The first-order valence-electron chi connectivity index (χ1n) is 5.34. The van der Waals surface area contributed by atoms with Crippen LogP contribution in [-0.4, -0.2) is 42.4 Å². The van der Waals surface area contributed by atoms with Gasteiger partial charge in [0, 0.05) is 31.4 Å². The molecule has 1 fully saturated rings. The quantitative estimate of drug-likeness (QED) is 0.652. The molecule has 1 amide bonds. The molecule has 0 heterocycles. The molecule has 0 atom stereocenters. The zero-order chi connectivity index (χ0) is 10.4. The minimum Gasteiger partial charge on any atom is -0.355 e. The highest BCUT2D eigenvalue weighted by Crippen LogP contribution is 2.25. The molecule has 4 heteroatoms. The topological polar surface area (TPSA) is 32.3 Å². The molecule has 1 rings (SSSR count). The Morgan fingerprint density at radius 3 is 2.79 bits per heavy atom. The molecule has 1 aliphatic rings. The molecule has 0 spiro atoms. The SMILES string of the molecule is CCN(CCNC(=O)CCCl)C1CC1. The van der Waals surface area contributed by atoms with Crippen LogP contribution in [0, 0.1) is 0 Å². The zero-order valence-corrected chi connectivity index (χ0v) is 9.52. The van der Waals surface area contributed by atoms with Crippen molar-refractivity contribution in [2.75, 3.05) is 25.5 Å². The summed E-state index contributed by atoms with van der Waals surface area (Å²) in [6, 6.07) is 0.782. The number of hydrogen-bond acceptors (Lipinski definition) is 2. The fourth-order valence-corrected chi connectivity index (χ4v) is 1.72. The summed E-state index contributed by atoms with van der Waals surface area (Å²) in [6.07, 6.45) is 3.07. The lowest BCUT2D eigenvalue weighted by Gasteiger charge is -2.19. The van der Waals surface area contributed by atoms with E-state index in [4.69, 9.17) is 11.6 Å². The van der Waals surface area contributed by atoms with Gasteiger partial charge in [-0.2, -0.15) is 0 Å². The maximum atomic E-state index is 11.1. The molecule has 0 radical (unpaired) electrons. The maximum Gasteiger partial charge on any atom is 0.221 e. The highest BCUT2D eigenvalue weighted by atomic mass is 35.5. The van der Waals surface area contributed by atoms with Crippen molar-refractivity contribution in [1.82, 2.24) is 10.2 Å². The second-order valence-corrected chi connectivity index (χ2v) is 4.03. The second kappa shape index (κ2) is 6.25. The van der Waals surface area contributed by atoms with Gasteiger partial charge >= 0.3 is 0 Å². The van der Waals surface area contributed by atoms with E-state index in [1.165, 1.54) is 12.8 Å². The molecule has 0 aliphatic heterocycles. The predicted molar refractivity (Wildman–Crippen MR) is 58.6 cm³/mol. The molecule has 0 unspecified atom stereocenters. The summed E-state index contributed by atoms with van der Waals surface area (Å²) >= 11 is 5.45. The van der Waals surface area contributed by atoms with Crippen LogP contribution < -0.4 is 5.32 Å². The Kier molecular flexibility index (Phi) is 5.26. The Morgan fingerprint density at radius 1 is 1.57 bits per heavy atom. The average molecular weight is 219 g/mol. The van der Waals surface area contributed by atoms with Crippen LogP contribution in [0.1, 0.15) is 26.2 Å². The van der Waals surface area contributed by atoms with E-state index >= 15 is 0 Å². The first-order chi connectivity index (χ1) is 6.77. The third-order valence-corrected chi connectivity index (χ3v) is 2.70. The summed E-state index contributed by atoms with van der Waals surface area (Å²) in [5.74, 6) is 0.471. The van der Waals surface area contributed by atoms with Gasteiger partial charge in [-0.05, 0) is 19.4 Å². The van der Waals surface area contributed by atoms with Crippen molar-refractivity contribution in [3.05, 3.63) is 0 Å². The minimum absolute atomic E-state index is 0.0619. The summed E-state index contributed by atoms with van der Waals surface area (Å²) < 4.78 is 0. The monoisotopic (exact) mass is 218 g/mol. The fourth-order valence-electron chi connectivity index (χ4n) is 1.55. The number of rotatable bonds is 7. The van der Waals surface area contributed by atoms with Crippen molar-refractivity contribution in [3.8, 4) is 0 Å². The molecule has 0 aromatic rings. The van der Waals surface area contributed by atoms with Crippen LogP contribution in [0.25, 0.3) is 0 Å². The van der Waals surface area contributed by atoms with E-state index < -0.39 is 0 Å². The van der Waals surface area contributed by atoms with Crippen LogP contribution in [0.3, 0.4) is 0 Å². The van der Waals surface area contributed by atoms with Gasteiger partial charge < -0.3 is 5.32 Å².